The van der Waals surface area contributed by atoms with E-state index in [-0.39, 0.29) is 12.5 Å². The number of benzene rings is 2. The van der Waals surface area contributed by atoms with Crippen LogP contribution in [-0.2, 0) is 17.8 Å². The summed E-state index contributed by atoms with van der Waals surface area (Å²) in [7, 11) is 1.61. The van der Waals surface area contributed by atoms with Gasteiger partial charge in [0.05, 0.1) is 17.3 Å². The van der Waals surface area contributed by atoms with Gasteiger partial charge in [-0.1, -0.05) is 30.7 Å². The first-order valence-corrected chi connectivity index (χ1v) is 11.3. The maximum Gasteiger partial charge on any atom is 0.246 e. The van der Waals surface area contributed by atoms with Gasteiger partial charge in [-0.2, -0.15) is 5.10 Å². The topological polar surface area (TPSA) is 84.8 Å². The van der Waals surface area contributed by atoms with Crippen LogP contribution >= 0.6 is 23.6 Å². The van der Waals surface area contributed by atoms with Crippen LogP contribution in [0.5, 0.6) is 5.75 Å². The quantitative estimate of drug-likeness (QED) is 0.358. The molecule has 0 aliphatic heterocycles. The second-order valence-electron chi connectivity index (χ2n) is 7.14. The molecule has 0 saturated heterocycles. The smallest absolute Gasteiger partial charge is 0.246 e. The lowest BCUT2D eigenvalue weighted by Gasteiger charge is -2.07. The Morgan fingerprint density at radius 1 is 1.26 bits per heavy atom. The highest BCUT2D eigenvalue weighted by Crippen LogP contribution is 2.27. The molecule has 2 N–H and O–H groups in total. The van der Waals surface area contributed by atoms with Crippen LogP contribution < -0.4 is 10.1 Å². The van der Waals surface area contributed by atoms with Crippen molar-refractivity contribution in [2.45, 2.75) is 32.7 Å². The molecule has 1 amide bonds. The summed E-state index contributed by atoms with van der Waals surface area (Å²) in [5.74, 6) is 1.13. The van der Waals surface area contributed by atoms with Gasteiger partial charge in [-0.05, 0) is 67.0 Å². The number of H-pyrrole nitrogens is 1. The number of aryl methyl sites for hydroxylation is 1. The Morgan fingerprint density at radius 3 is 2.81 bits per heavy atom. The molecule has 0 fully saturated rings. The average Bonchev–Trinajstić information content (AvgIpc) is 3.34. The fourth-order valence-corrected chi connectivity index (χ4v) is 4.43. The highest BCUT2D eigenvalue weighted by atomic mass is 32.1. The summed E-state index contributed by atoms with van der Waals surface area (Å²) in [6, 6.07) is 13.7. The van der Waals surface area contributed by atoms with E-state index in [0.29, 0.717) is 15.7 Å². The van der Waals surface area contributed by atoms with Gasteiger partial charge in [0.2, 0.25) is 5.91 Å². The van der Waals surface area contributed by atoms with E-state index in [2.05, 4.69) is 39.6 Å². The molecule has 0 aliphatic rings. The van der Waals surface area contributed by atoms with Crippen molar-refractivity contribution in [2.24, 2.45) is 0 Å². The van der Waals surface area contributed by atoms with Crippen LogP contribution in [0.2, 0.25) is 0 Å². The molecule has 0 aliphatic carbocycles. The van der Waals surface area contributed by atoms with Crippen molar-refractivity contribution in [2.75, 3.05) is 12.4 Å². The number of carbonyl (C=O) groups excluding carboxylic acids is 1. The van der Waals surface area contributed by atoms with Gasteiger partial charge in [0.15, 0.2) is 15.7 Å². The van der Waals surface area contributed by atoms with Crippen LogP contribution in [0.3, 0.4) is 0 Å². The van der Waals surface area contributed by atoms with Crippen molar-refractivity contribution >= 4 is 44.8 Å². The lowest BCUT2D eigenvalue weighted by molar-refractivity contribution is -0.116. The number of aromatic nitrogens is 4. The van der Waals surface area contributed by atoms with Crippen LogP contribution in [0, 0.1) is 4.77 Å². The summed E-state index contributed by atoms with van der Waals surface area (Å²) in [6.45, 7) is 2.22. The van der Waals surface area contributed by atoms with Crippen LogP contribution in [0.25, 0.3) is 21.6 Å². The molecule has 31 heavy (non-hydrogen) atoms. The van der Waals surface area contributed by atoms with E-state index in [1.165, 1.54) is 16.9 Å². The number of fused-ring (bicyclic) bond motifs is 1. The molecule has 160 valence electrons. The van der Waals surface area contributed by atoms with E-state index in [1.54, 1.807) is 11.7 Å². The Labute approximate surface area is 189 Å². The summed E-state index contributed by atoms with van der Waals surface area (Å²) < 4.78 is 8.32. The number of anilines is 1. The van der Waals surface area contributed by atoms with E-state index in [9.17, 15) is 4.79 Å². The van der Waals surface area contributed by atoms with E-state index in [1.807, 2.05) is 30.3 Å². The second kappa shape index (κ2) is 9.40. The van der Waals surface area contributed by atoms with Gasteiger partial charge >= 0.3 is 0 Å². The van der Waals surface area contributed by atoms with Crippen LogP contribution in [0.15, 0.2) is 42.5 Å². The molecule has 9 heteroatoms. The zero-order valence-corrected chi connectivity index (χ0v) is 19.0. The molecule has 2 aromatic carbocycles. The standard InChI is InChI=1S/C22H23N5O2S2/c1-3-4-5-14-6-11-17-18(12-14)31-21(23-17)24-19(28)13-27-20(25-26-22(27)30)15-7-9-16(29-2)10-8-15/h6-12H,3-5,13H2,1-2H3,(H,26,30)(H,23,24,28). The molecule has 0 radical (unpaired) electrons. The van der Waals surface area contributed by atoms with Crippen LogP contribution in [0.4, 0.5) is 5.13 Å². The normalized spacial score (nSPS) is 11.0. The average molecular weight is 454 g/mol. The highest BCUT2D eigenvalue weighted by molar-refractivity contribution is 7.71. The Hall–Kier alpha value is -3.04. The number of hydrogen-bond donors (Lipinski definition) is 2. The number of nitrogens with zero attached hydrogens (tertiary/aromatic N) is 3. The monoisotopic (exact) mass is 453 g/mol. The predicted octanol–water partition coefficient (Wildman–Crippen LogP) is 5.21. The zero-order chi connectivity index (χ0) is 21.8. The number of carbonyl (C=O) groups is 1. The summed E-state index contributed by atoms with van der Waals surface area (Å²) >= 11 is 6.81. The van der Waals surface area contributed by atoms with Crippen molar-refractivity contribution < 1.29 is 9.53 Å². The van der Waals surface area contributed by atoms with Gasteiger partial charge in [0, 0.05) is 5.56 Å². The Balaban J connectivity index is 1.50. The number of methoxy groups -OCH3 is 1. The minimum absolute atomic E-state index is 0.0361. The molecule has 0 saturated carbocycles. The third-order valence-corrected chi connectivity index (χ3v) is 6.17. The number of aromatic amines is 1. The van der Waals surface area contributed by atoms with Gasteiger partial charge in [0.25, 0.3) is 0 Å². The third kappa shape index (κ3) is 4.83. The minimum atomic E-state index is -0.211. The first kappa shape index (κ1) is 21.2. The largest absolute Gasteiger partial charge is 0.497 e. The summed E-state index contributed by atoms with van der Waals surface area (Å²) in [6.07, 6.45) is 3.38. The fourth-order valence-electron chi connectivity index (χ4n) is 3.29. The molecular formula is C22H23N5O2S2. The molecule has 0 spiro atoms. The molecule has 4 aromatic rings. The second-order valence-corrected chi connectivity index (χ2v) is 8.56. The molecule has 0 bridgehead atoms. The Morgan fingerprint density at radius 2 is 2.06 bits per heavy atom. The fraction of sp³-hybridized carbons (Fsp3) is 0.273. The molecule has 4 rings (SSSR count). The lowest BCUT2D eigenvalue weighted by atomic mass is 10.1. The van der Waals surface area contributed by atoms with Gasteiger partial charge in [0.1, 0.15) is 12.3 Å². The minimum Gasteiger partial charge on any atom is -0.497 e. The molecule has 0 atom stereocenters. The predicted molar refractivity (Wildman–Crippen MR) is 126 cm³/mol. The number of hydrogen-bond acceptors (Lipinski definition) is 6. The van der Waals surface area contributed by atoms with Crippen molar-refractivity contribution in [3.8, 4) is 17.1 Å². The van der Waals surface area contributed by atoms with E-state index in [4.69, 9.17) is 17.0 Å². The number of ether oxygens (including phenoxy) is 1. The number of unbranched alkanes of at least 4 members (excludes halogenated alkanes) is 1. The molecule has 0 unspecified atom stereocenters. The van der Waals surface area contributed by atoms with E-state index >= 15 is 0 Å². The lowest BCUT2D eigenvalue weighted by Crippen LogP contribution is -2.19. The molecule has 7 nitrogen and oxygen atoms in total. The number of thiazole rings is 1. The van der Waals surface area contributed by atoms with Gasteiger partial charge in [-0.15, -0.1) is 0 Å². The van der Waals surface area contributed by atoms with Crippen molar-refractivity contribution in [1.82, 2.24) is 19.7 Å². The third-order valence-electron chi connectivity index (χ3n) is 4.93. The first-order chi connectivity index (χ1) is 15.1. The summed E-state index contributed by atoms with van der Waals surface area (Å²) in [5, 5.41) is 10.5. The SMILES string of the molecule is CCCCc1ccc2nc(NC(=O)Cn3c(-c4ccc(OC)cc4)n[nH]c3=S)sc2c1. The number of amides is 1. The number of nitrogens with one attached hydrogen (secondary N) is 2. The van der Waals surface area contributed by atoms with E-state index in [0.717, 1.165) is 40.8 Å². The molecule has 2 heterocycles. The van der Waals surface area contributed by atoms with Crippen LogP contribution in [0.1, 0.15) is 25.3 Å². The van der Waals surface area contributed by atoms with Crippen LogP contribution in [-0.4, -0.2) is 32.8 Å². The van der Waals surface area contributed by atoms with Crippen molar-refractivity contribution in [3.63, 3.8) is 0 Å². The van der Waals surface area contributed by atoms with Crippen molar-refractivity contribution in [3.05, 3.63) is 52.8 Å². The van der Waals surface area contributed by atoms with E-state index < -0.39 is 0 Å². The van der Waals surface area contributed by atoms with Gasteiger partial charge < -0.3 is 10.1 Å². The maximum atomic E-state index is 12.7. The molecular weight excluding hydrogens is 430 g/mol. The molecule has 2 aromatic heterocycles. The Kier molecular flexibility index (Phi) is 6.43. The number of rotatable bonds is 8. The summed E-state index contributed by atoms with van der Waals surface area (Å²) in [5.41, 5.74) is 3.02. The van der Waals surface area contributed by atoms with Gasteiger partial charge in [-0.25, -0.2) is 4.98 Å². The maximum absolute atomic E-state index is 12.7. The van der Waals surface area contributed by atoms with Crippen molar-refractivity contribution in [1.29, 1.82) is 0 Å². The zero-order valence-electron chi connectivity index (χ0n) is 17.3. The highest BCUT2D eigenvalue weighted by Gasteiger charge is 2.14. The summed E-state index contributed by atoms with van der Waals surface area (Å²) in [4.78, 5) is 17.3. The first-order valence-electron chi connectivity index (χ1n) is 10.1. The Bertz CT molecular complexity index is 1260. The van der Waals surface area contributed by atoms with Gasteiger partial charge in [-0.3, -0.25) is 14.5 Å².